The Morgan fingerprint density at radius 3 is 2.17 bits per heavy atom. The summed E-state index contributed by atoms with van der Waals surface area (Å²) in [5, 5.41) is 0. The Hall–Kier alpha value is -1.81. The second-order valence-electron chi connectivity index (χ2n) is 5.85. The van der Waals surface area contributed by atoms with Crippen molar-refractivity contribution in [1.82, 2.24) is 0 Å². The fourth-order valence-corrected chi connectivity index (χ4v) is 3.70. The van der Waals surface area contributed by atoms with E-state index in [9.17, 15) is 8.42 Å². The van der Waals surface area contributed by atoms with Gasteiger partial charge in [-0.3, -0.25) is 4.72 Å². The zero-order valence-electron chi connectivity index (χ0n) is 13.7. The number of hydrogen-bond acceptors (Lipinski definition) is 2. The molecule has 0 heterocycles. The Morgan fingerprint density at radius 1 is 0.826 bits per heavy atom. The SMILES string of the molecule is CCCCCCc1ccc(NS(=O)(=O)Cc2ccccc2)cc1. The van der Waals surface area contributed by atoms with E-state index in [2.05, 4.69) is 11.6 Å². The quantitative estimate of drug-likeness (QED) is 0.674. The summed E-state index contributed by atoms with van der Waals surface area (Å²) >= 11 is 0. The van der Waals surface area contributed by atoms with Gasteiger partial charge < -0.3 is 0 Å². The summed E-state index contributed by atoms with van der Waals surface area (Å²) in [4.78, 5) is 0. The Bertz CT molecular complexity index is 679. The van der Waals surface area contributed by atoms with Crippen LogP contribution in [-0.2, 0) is 22.2 Å². The average molecular weight is 331 g/mol. The van der Waals surface area contributed by atoms with Crippen LogP contribution in [0.5, 0.6) is 0 Å². The molecule has 0 aromatic heterocycles. The molecule has 3 nitrogen and oxygen atoms in total. The van der Waals surface area contributed by atoms with Crippen molar-refractivity contribution in [3.63, 3.8) is 0 Å². The molecule has 0 radical (unpaired) electrons. The van der Waals surface area contributed by atoms with Crippen LogP contribution in [0.3, 0.4) is 0 Å². The molecule has 0 unspecified atom stereocenters. The summed E-state index contributed by atoms with van der Waals surface area (Å²) in [6.07, 6.45) is 6.01. The predicted octanol–water partition coefficient (Wildman–Crippen LogP) is 4.75. The standard InChI is InChI=1S/C19H25NO2S/c1-2-3-4-6-9-17-12-14-19(15-13-17)20-23(21,22)16-18-10-7-5-8-11-18/h5,7-8,10-15,20H,2-4,6,9,16H2,1H3. The highest BCUT2D eigenvalue weighted by Crippen LogP contribution is 2.15. The number of anilines is 1. The molecule has 2 rings (SSSR count). The minimum Gasteiger partial charge on any atom is -0.283 e. The van der Waals surface area contributed by atoms with E-state index in [0.717, 1.165) is 12.0 Å². The lowest BCUT2D eigenvalue weighted by Crippen LogP contribution is -2.15. The maximum atomic E-state index is 12.2. The molecule has 0 fully saturated rings. The van der Waals surface area contributed by atoms with Crippen LogP contribution in [0, 0.1) is 0 Å². The first-order chi connectivity index (χ1) is 11.1. The minimum absolute atomic E-state index is 0.00733. The number of unbranched alkanes of at least 4 members (excludes halogenated alkanes) is 3. The third-order valence-electron chi connectivity index (χ3n) is 3.75. The zero-order chi connectivity index (χ0) is 16.5. The lowest BCUT2D eigenvalue weighted by molar-refractivity contribution is 0.600. The van der Waals surface area contributed by atoms with Crippen LogP contribution in [-0.4, -0.2) is 8.42 Å². The first kappa shape index (κ1) is 17.5. The van der Waals surface area contributed by atoms with Gasteiger partial charge in [0.05, 0.1) is 5.75 Å². The highest BCUT2D eigenvalue weighted by molar-refractivity contribution is 7.91. The van der Waals surface area contributed by atoms with E-state index in [1.807, 2.05) is 54.6 Å². The van der Waals surface area contributed by atoms with Gasteiger partial charge in [0.2, 0.25) is 10.0 Å². The zero-order valence-corrected chi connectivity index (χ0v) is 14.5. The molecule has 0 aliphatic rings. The second-order valence-corrected chi connectivity index (χ2v) is 7.58. The maximum absolute atomic E-state index is 12.2. The fourth-order valence-electron chi connectivity index (χ4n) is 2.50. The van der Waals surface area contributed by atoms with Crippen molar-refractivity contribution in [2.75, 3.05) is 4.72 Å². The molecule has 2 aromatic carbocycles. The van der Waals surface area contributed by atoms with E-state index in [1.165, 1.54) is 31.2 Å². The van der Waals surface area contributed by atoms with Gasteiger partial charge in [0.25, 0.3) is 0 Å². The van der Waals surface area contributed by atoms with Gasteiger partial charge in [-0.2, -0.15) is 0 Å². The number of hydrogen-bond donors (Lipinski definition) is 1. The summed E-state index contributed by atoms with van der Waals surface area (Å²) in [5.41, 5.74) is 2.66. The molecule has 124 valence electrons. The molecule has 0 aliphatic carbocycles. The maximum Gasteiger partial charge on any atom is 0.236 e. The third kappa shape index (κ3) is 6.45. The second kappa shape index (κ2) is 8.73. The summed E-state index contributed by atoms with van der Waals surface area (Å²) in [5.74, 6) is -0.00733. The van der Waals surface area contributed by atoms with Crippen LogP contribution in [0.2, 0.25) is 0 Å². The lowest BCUT2D eigenvalue weighted by atomic mass is 10.1. The average Bonchev–Trinajstić information content (AvgIpc) is 2.53. The first-order valence-corrected chi connectivity index (χ1v) is 9.87. The van der Waals surface area contributed by atoms with Gasteiger partial charge in [0, 0.05) is 5.69 Å². The summed E-state index contributed by atoms with van der Waals surface area (Å²) in [6.45, 7) is 2.20. The van der Waals surface area contributed by atoms with Gasteiger partial charge in [-0.05, 0) is 36.1 Å². The molecule has 0 aliphatic heterocycles. The normalized spacial score (nSPS) is 11.3. The summed E-state index contributed by atoms with van der Waals surface area (Å²) in [7, 11) is -3.37. The van der Waals surface area contributed by atoms with Crippen molar-refractivity contribution < 1.29 is 8.42 Å². The lowest BCUT2D eigenvalue weighted by Gasteiger charge is -2.09. The molecule has 0 saturated heterocycles. The van der Waals surface area contributed by atoms with Crippen LogP contribution in [0.4, 0.5) is 5.69 Å². The van der Waals surface area contributed by atoms with Gasteiger partial charge in [0.15, 0.2) is 0 Å². The number of aryl methyl sites for hydroxylation is 1. The Labute approximate surface area is 139 Å². The fraction of sp³-hybridized carbons (Fsp3) is 0.368. The molecular weight excluding hydrogens is 306 g/mol. The molecule has 0 spiro atoms. The highest BCUT2D eigenvalue weighted by Gasteiger charge is 2.11. The van der Waals surface area contributed by atoms with Crippen molar-refractivity contribution in [2.24, 2.45) is 0 Å². The molecule has 0 amide bonds. The largest absolute Gasteiger partial charge is 0.283 e. The number of nitrogens with one attached hydrogen (secondary N) is 1. The van der Waals surface area contributed by atoms with Crippen LogP contribution >= 0.6 is 0 Å². The van der Waals surface area contributed by atoms with Gasteiger partial charge in [0.1, 0.15) is 0 Å². The monoisotopic (exact) mass is 331 g/mol. The predicted molar refractivity (Wildman–Crippen MR) is 97.0 cm³/mol. The van der Waals surface area contributed by atoms with E-state index in [0.29, 0.717) is 5.69 Å². The van der Waals surface area contributed by atoms with Crippen LogP contribution < -0.4 is 4.72 Å². The molecule has 23 heavy (non-hydrogen) atoms. The molecule has 0 atom stereocenters. The van der Waals surface area contributed by atoms with Crippen molar-refractivity contribution in [3.8, 4) is 0 Å². The molecule has 0 saturated carbocycles. The Kier molecular flexibility index (Phi) is 6.66. The van der Waals surface area contributed by atoms with E-state index in [4.69, 9.17) is 0 Å². The highest BCUT2D eigenvalue weighted by atomic mass is 32.2. The van der Waals surface area contributed by atoms with Crippen molar-refractivity contribution >= 4 is 15.7 Å². The topological polar surface area (TPSA) is 46.2 Å². The molecule has 1 N–H and O–H groups in total. The van der Waals surface area contributed by atoms with Crippen LogP contribution in [0.25, 0.3) is 0 Å². The van der Waals surface area contributed by atoms with Crippen molar-refractivity contribution in [1.29, 1.82) is 0 Å². The number of benzene rings is 2. The van der Waals surface area contributed by atoms with E-state index >= 15 is 0 Å². The van der Waals surface area contributed by atoms with Gasteiger partial charge in [-0.15, -0.1) is 0 Å². The molecule has 2 aromatic rings. The third-order valence-corrected chi connectivity index (χ3v) is 5.01. The smallest absolute Gasteiger partial charge is 0.236 e. The van der Waals surface area contributed by atoms with Gasteiger partial charge >= 0.3 is 0 Å². The molecular formula is C19H25NO2S. The minimum atomic E-state index is -3.37. The molecule has 4 heteroatoms. The van der Waals surface area contributed by atoms with Crippen molar-refractivity contribution in [3.05, 3.63) is 65.7 Å². The Balaban J connectivity index is 1.89. The van der Waals surface area contributed by atoms with Crippen molar-refractivity contribution in [2.45, 2.75) is 44.8 Å². The van der Waals surface area contributed by atoms with E-state index < -0.39 is 10.0 Å². The van der Waals surface area contributed by atoms with Crippen LogP contribution in [0.15, 0.2) is 54.6 Å². The number of rotatable bonds is 9. The first-order valence-electron chi connectivity index (χ1n) is 8.22. The summed E-state index contributed by atoms with van der Waals surface area (Å²) in [6, 6.07) is 16.9. The van der Waals surface area contributed by atoms with Crippen LogP contribution in [0.1, 0.15) is 43.7 Å². The van der Waals surface area contributed by atoms with Gasteiger partial charge in [-0.25, -0.2) is 8.42 Å². The van der Waals surface area contributed by atoms with Gasteiger partial charge in [-0.1, -0.05) is 68.7 Å². The summed E-state index contributed by atoms with van der Waals surface area (Å²) < 4.78 is 27.0. The Morgan fingerprint density at radius 2 is 1.52 bits per heavy atom. The van der Waals surface area contributed by atoms with E-state index in [-0.39, 0.29) is 5.75 Å². The van der Waals surface area contributed by atoms with E-state index in [1.54, 1.807) is 0 Å². The molecule has 0 bridgehead atoms. The number of sulfonamides is 1.